The fraction of sp³-hybridized carbons (Fsp3) is 0.200. The Balaban J connectivity index is 1.60. The third kappa shape index (κ3) is 5.49. The van der Waals surface area contributed by atoms with E-state index in [9.17, 15) is 9.59 Å². The zero-order valence-corrected chi connectivity index (χ0v) is 23.1. The summed E-state index contributed by atoms with van der Waals surface area (Å²) >= 11 is 1.63. The number of rotatable bonds is 9. The van der Waals surface area contributed by atoms with Gasteiger partial charge in [0.15, 0.2) is 5.82 Å². The predicted molar refractivity (Wildman–Crippen MR) is 160 cm³/mol. The van der Waals surface area contributed by atoms with Gasteiger partial charge in [-0.25, -0.2) is 19.6 Å². The third-order valence-electron chi connectivity index (χ3n) is 6.57. The van der Waals surface area contributed by atoms with Gasteiger partial charge >= 0.3 is 6.03 Å². The van der Waals surface area contributed by atoms with Gasteiger partial charge < -0.3 is 10.5 Å². The molecule has 5 rings (SSSR count). The first-order chi connectivity index (χ1) is 19.5. The van der Waals surface area contributed by atoms with Crippen LogP contribution in [-0.2, 0) is 11.3 Å². The maximum absolute atomic E-state index is 14.0. The van der Waals surface area contributed by atoms with E-state index in [1.54, 1.807) is 34.9 Å². The molecule has 1 atom stereocenters. The molecule has 0 spiro atoms. The molecule has 4 aromatic rings. The Hall–Kier alpha value is -4.41. The highest BCUT2D eigenvalue weighted by Gasteiger charge is 2.36. The number of benzene rings is 3. The molecule has 1 aliphatic rings. The van der Waals surface area contributed by atoms with E-state index in [0.717, 1.165) is 11.3 Å². The molecular formula is C30H30N6O3S. The van der Waals surface area contributed by atoms with Crippen LogP contribution in [0.3, 0.4) is 0 Å². The molecule has 1 aromatic heterocycles. The highest BCUT2D eigenvalue weighted by Crippen LogP contribution is 2.37. The Morgan fingerprint density at radius 1 is 1.02 bits per heavy atom. The van der Waals surface area contributed by atoms with Crippen LogP contribution in [0.15, 0.2) is 91.1 Å². The number of thioether (sulfide) groups is 1. The molecule has 0 saturated carbocycles. The second-order valence-electron chi connectivity index (χ2n) is 9.15. The van der Waals surface area contributed by atoms with Crippen molar-refractivity contribution in [3.63, 3.8) is 0 Å². The lowest BCUT2D eigenvalue weighted by Crippen LogP contribution is -2.46. The lowest BCUT2D eigenvalue weighted by Gasteiger charge is -2.36. The molecule has 0 bridgehead atoms. The number of ether oxygens (including phenoxy) is 1. The zero-order chi connectivity index (χ0) is 28.1. The molecule has 2 heterocycles. The molecule has 0 aliphatic carbocycles. The molecule has 2 N–H and O–H groups in total. The van der Waals surface area contributed by atoms with Crippen LogP contribution in [0, 0.1) is 0 Å². The van der Waals surface area contributed by atoms with Crippen LogP contribution in [-0.4, -0.2) is 47.1 Å². The first kappa shape index (κ1) is 27.2. The smallest absolute Gasteiger partial charge is 0.335 e. The van der Waals surface area contributed by atoms with E-state index in [4.69, 9.17) is 15.5 Å². The zero-order valence-electron chi connectivity index (χ0n) is 22.3. The number of carbonyl (C=O) groups excluding carboxylic acids is 2. The minimum absolute atomic E-state index is 0.154. The standard InChI is InChI=1S/C30H30N6O3S/c1-39-25-15-13-22(14-16-25)34-20-21-19-32-29(33-27(21)35(30(34)38)23-9-5-3-6-10-23)36(24-11-7-4-8-12-24)28(37)26(31)17-18-40-2/h3-16,19,26H,17-18,20,31H2,1-2H3/t26-/m0/s1. The van der Waals surface area contributed by atoms with E-state index >= 15 is 0 Å². The monoisotopic (exact) mass is 554 g/mol. The van der Waals surface area contributed by atoms with Gasteiger partial charge in [-0.2, -0.15) is 16.7 Å². The fourth-order valence-corrected chi connectivity index (χ4v) is 4.97. The number of amides is 3. The first-order valence-electron chi connectivity index (χ1n) is 12.8. The molecule has 204 valence electrons. The average molecular weight is 555 g/mol. The maximum atomic E-state index is 14.0. The number of anilines is 5. The number of fused-ring (bicyclic) bond motifs is 1. The van der Waals surface area contributed by atoms with Gasteiger partial charge in [-0.15, -0.1) is 0 Å². The number of aromatic nitrogens is 2. The lowest BCUT2D eigenvalue weighted by atomic mass is 10.1. The van der Waals surface area contributed by atoms with Gasteiger partial charge in [0.1, 0.15) is 5.75 Å². The Labute approximate surface area is 237 Å². The van der Waals surface area contributed by atoms with E-state index in [0.29, 0.717) is 35.1 Å². The van der Waals surface area contributed by atoms with Gasteiger partial charge in [-0.05, 0) is 67.0 Å². The minimum atomic E-state index is -0.732. The molecule has 40 heavy (non-hydrogen) atoms. The largest absolute Gasteiger partial charge is 0.497 e. The molecule has 3 aromatic carbocycles. The Morgan fingerprint density at radius 2 is 1.70 bits per heavy atom. The quantitative estimate of drug-likeness (QED) is 0.291. The van der Waals surface area contributed by atoms with Crippen LogP contribution in [0.5, 0.6) is 5.75 Å². The Morgan fingerprint density at radius 3 is 2.35 bits per heavy atom. The summed E-state index contributed by atoms with van der Waals surface area (Å²) < 4.78 is 5.28. The van der Waals surface area contributed by atoms with Crippen molar-refractivity contribution in [1.82, 2.24) is 9.97 Å². The van der Waals surface area contributed by atoms with E-state index in [-0.39, 0.29) is 24.4 Å². The van der Waals surface area contributed by atoms with Crippen molar-refractivity contribution in [2.45, 2.75) is 19.0 Å². The Bertz CT molecular complexity index is 1470. The molecule has 0 unspecified atom stereocenters. The molecule has 10 heteroatoms. The Kier molecular flexibility index (Phi) is 8.28. The summed E-state index contributed by atoms with van der Waals surface area (Å²) in [5, 5.41) is 0. The number of nitrogens with two attached hydrogens (primary N) is 1. The van der Waals surface area contributed by atoms with Crippen molar-refractivity contribution in [1.29, 1.82) is 0 Å². The minimum Gasteiger partial charge on any atom is -0.497 e. The fourth-order valence-electron chi connectivity index (χ4n) is 4.48. The van der Waals surface area contributed by atoms with Gasteiger partial charge in [-0.3, -0.25) is 9.69 Å². The molecule has 1 aliphatic heterocycles. The van der Waals surface area contributed by atoms with E-state index < -0.39 is 6.04 Å². The van der Waals surface area contributed by atoms with Crippen molar-refractivity contribution in [3.8, 4) is 5.75 Å². The van der Waals surface area contributed by atoms with Gasteiger partial charge in [0.05, 0.1) is 31.1 Å². The van der Waals surface area contributed by atoms with Crippen molar-refractivity contribution < 1.29 is 14.3 Å². The van der Waals surface area contributed by atoms with Gasteiger partial charge in [0, 0.05) is 17.4 Å². The molecule has 0 radical (unpaired) electrons. The first-order valence-corrected chi connectivity index (χ1v) is 14.2. The second-order valence-corrected chi connectivity index (χ2v) is 10.1. The lowest BCUT2D eigenvalue weighted by molar-refractivity contribution is -0.119. The number of nitrogens with zero attached hydrogens (tertiary/aromatic N) is 5. The van der Waals surface area contributed by atoms with Crippen molar-refractivity contribution >= 4 is 52.5 Å². The number of hydrogen-bond donors (Lipinski definition) is 1. The van der Waals surface area contributed by atoms with Crippen molar-refractivity contribution in [3.05, 3.63) is 96.7 Å². The molecule has 0 saturated heterocycles. The van der Waals surface area contributed by atoms with Crippen LogP contribution < -0.4 is 25.2 Å². The second kappa shape index (κ2) is 12.2. The topological polar surface area (TPSA) is 105 Å². The number of urea groups is 1. The average Bonchev–Trinajstić information content (AvgIpc) is 3.00. The SMILES string of the molecule is COc1ccc(N2Cc3cnc(N(C(=O)[C@@H](N)CCSC)c4ccccc4)nc3N(c3ccccc3)C2=O)cc1. The van der Waals surface area contributed by atoms with Gasteiger partial charge in [0.25, 0.3) is 5.91 Å². The number of hydrogen-bond acceptors (Lipinski definition) is 7. The molecule has 3 amide bonds. The maximum Gasteiger partial charge on any atom is 0.335 e. The van der Waals surface area contributed by atoms with E-state index in [1.165, 1.54) is 4.90 Å². The number of methoxy groups -OCH3 is 1. The van der Waals surface area contributed by atoms with E-state index in [2.05, 4.69) is 4.98 Å². The summed E-state index contributed by atoms with van der Waals surface area (Å²) in [7, 11) is 1.60. The van der Waals surface area contributed by atoms with Crippen LogP contribution in [0.4, 0.5) is 33.6 Å². The molecule has 9 nitrogen and oxygen atoms in total. The summed E-state index contributed by atoms with van der Waals surface area (Å²) in [6, 6.07) is 24.8. The van der Waals surface area contributed by atoms with Crippen molar-refractivity contribution in [2.24, 2.45) is 5.73 Å². The predicted octanol–water partition coefficient (Wildman–Crippen LogP) is 5.51. The van der Waals surface area contributed by atoms with Gasteiger partial charge in [-0.1, -0.05) is 36.4 Å². The molecular weight excluding hydrogens is 524 g/mol. The summed E-state index contributed by atoms with van der Waals surface area (Å²) in [6.45, 7) is 0.261. The van der Waals surface area contributed by atoms with E-state index in [1.807, 2.05) is 91.2 Å². The van der Waals surface area contributed by atoms with Crippen LogP contribution >= 0.6 is 11.8 Å². The molecule has 0 fully saturated rings. The highest BCUT2D eigenvalue weighted by atomic mass is 32.2. The summed E-state index contributed by atoms with van der Waals surface area (Å²) in [5.41, 5.74) is 9.00. The van der Waals surface area contributed by atoms with Gasteiger partial charge in [0.2, 0.25) is 5.95 Å². The van der Waals surface area contributed by atoms with Crippen LogP contribution in [0.25, 0.3) is 0 Å². The highest BCUT2D eigenvalue weighted by molar-refractivity contribution is 7.98. The normalized spacial score (nSPS) is 13.5. The van der Waals surface area contributed by atoms with Crippen LogP contribution in [0.1, 0.15) is 12.0 Å². The summed E-state index contributed by atoms with van der Waals surface area (Å²) in [4.78, 5) is 41.7. The number of para-hydroxylation sites is 2. The summed E-state index contributed by atoms with van der Waals surface area (Å²) in [6.07, 6.45) is 4.16. The van der Waals surface area contributed by atoms with Crippen LogP contribution in [0.2, 0.25) is 0 Å². The van der Waals surface area contributed by atoms with Crippen molar-refractivity contribution in [2.75, 3.05) is 33.8 Å². The third-order valence-corrected chi connectivity index (χ3v) is 7.22. The number of carbonyl (C=O) groups is 2. The summed E-state index contributed by atoms with van der Waals surface area (Å²) in [5.74, 6) is 1.70.